The molecule has 0 radical (unpaired) electrons. The van der Waals surface area contributed by atoms with Gasteiger partial charge in [0.2, 0.25) is 11.8 Å². The molecule has 0 bridgehead atoms. The van der Waals surface area contributed by atoms with E-state index in [0.29, 0.717) is 18.5 Å². The van der Waals surface area contributed by atoms with Gasteiger partial charge < -0.3 is 10.2 Å². The summed E-state index contributed by atoms with van der Waals surface area (Å²) in [5, 5.41) is 5.85. The van der Waals surface area contributed by atoms with Crippen molar-refractivity contribution in [3.05, 3.63) is 0 Å². The summed E-state index contributed by atoms with van der Waals surface area (Å²) in [4.78, 5) is 25.9. The van der Waals surface area contributed by atoms with Crippen molar-refractivity contribution in [1.29, 1.82) is 0 Å². The highest BCUT2D eigenvalue weighted by Gasteiger charge is 2.38. The molecule has 0 aromatic heterocycles. The summed E-state index contributed by atoms with van der Waals surface area (Å²) in [5.74, 6) is 0.880. The van der Waals surface area contributed by atoms with Crippen molar-refractivity contribution < 1.29 is 9.59 Å². The third-order valence-electron chi connectivity index (χ3n) is 5.09. The lowest BCUT2D eigenvalue weighted by atomic mass is 9.83. The first-order valence-corrected chi connectivity index (χ1v) is 8.06. The molecule has 3 fully saturated rings. The fourth-order valence-electron chi connectivity index (χ4n) is 4.02. The Morgan fingerprint density at radius 2 is 1.90 bits per heavy atom. The van der Waals surface area contributed by atoms with Gasteiger partial charge in [-0.2, -0.15) is 0 Å². The van der Waals surface area contributed by atoms with E-state index >= 15 is 0 Å². The summed E-state index contributed by atoms with van der Waals surface area (Å²) in [6.45, 7) is 1.59. The van der Waals surface area contributed by atoms with E-state index in [0.717, 1.165) is 19.4 Å². The van der Waals surface area contributed by atoms with Crippen molar-refractivity contribution in [1.82, 2.24) is 15.5 Å². The minimum absolute atomic E-state index is 0.0145. The molecule has 2 amide bonds. The highest BCUT2D eigenvalue weighted by atomic mass is 16.2. The van der Waals surface area contributed by atoms with E-state index in [-0.39, 0.29) is 24.4 Å². The lowest BCUT2D eigenvalue weighted by Crippen LogP contribution is -2.59. The number of amides is 2. The van der Waals surface area contributed by atoms with Crippen LogP contribution in [0.2, 0.25) is 0 Å². The van der Waals surface area contributed by atoms with Crippen LogP contribution < -0.4 is 10.6 Å². The monoisotopic (exact) mass is 279 g/mol. The predicted molar refractivity (Wildman–Crippen MR) is 76.1 cm³/mol. The smallest absolute Gasteiger partial charge is 0.241 e. The van der Waals surface area contributed by atoms with Crippen molar-refractivity contribution in [3.8, 4) is 0 Å². The molecule has 2 heterocycles. The Hall–Kier alpha value is -1.10. The molecule has 1 saturated carbocycles. The van der Waals surface area contributed by atoms with Crippen molar-refractivity contribution in [2.45, 2.75) is 57.0 Å². The van der Waals surface area contributed by atoms with Gasteiger partial charge in [0.05, 0.1) is 6.54 Å². The number of hydrogen-bond acceptors (Lipinski definition) is 3. The van der Waals surface area contributed by atoms with Gasteiger partial charge in [-0.15, -0.1) is 0 Å². The molecular formula is C15H25N3O2. The molecule has 0 aromatic rings. The summed E-state index contributed by atoms with van der Waals surface area (Å²) in [6, 6.07) is 0.221. The van der Waals surface area contributed by atoms with Gasteiger partial charge in [0, 0.05) is 19.1 Å². The van der Waals surface area contributed by atoms with E-state index in [1.807, 2.05) is 0 Å². The molecule has 5 heteroatoms. The van der Waals surface area contributed by atoms with Crippen molar-refractivity contribution >= 4 is 11.8 Å². The van der Waals surface area contributed by atoms with Crippen LogP contribution in [-0.4, -0.2) is 48.4 Å². The SMILES string of the molecule is O=C1CNC(C(=O)N2CCCC2C2CCCCC2)CN1. The minimum atomic E-state index is -0.225. The summed E-state index contributed by atoms with van der Waals surface area (Å²) in [5.41, 5.74) is 0. The summed E-state index contributed by atoms with van der Waals surface area (Å²) in [6.07, 6.45) is 8.85. The van der Waals surface area contributed by atoms with Crippen molar-refractivity contribution in [3.63, 3.8) is 0 Å². The first-order valence-electron chi connectivity index (χ1n) is 8.06. The number of nitrogens with one attached hydrogen (secondary N) is 2. The number of hydrogen-bond donors (Lipinski definition) is 2. The maximum Gasteiger partial charge on any atom is 0.241 e. The van der Waals surface area contributed by atoms with Gasteiger partial charge in [-0.05, 0) is 31.6 Å². The first-order chi connectivity index (χ1) is 9.75. The molecule has 3 rings (SSSR count). The van der Waals surface area contributed by atoms with Gasteiger partial charge in [-0.25, -0.2) is 0 Å². The molecule has 2 aliphatic heterocycles. The van der Waals surface area contributed by atoms with Gasteiger partial charge >= 0.3 is 0 Å². The Bertz CT molecular complexity index is 369. The van der Waals surface area contributed by atoms with E-state index < -0.39 is 0 Å². The number of rotatable bonds is 2. The molecule has 112 valence electrons. The van der Waals surface area contributed by atoms with Gasteiger partial charge in [0.15, 0.2) is 0 Å². The lowest BCUT2D eigenvalue weighted by molar-refractivity contribution is -0.136. The van der Waals surface area contributed by atoms with Gasteiger partial charge in [-0.3, -0.25) is 14.9 Å². The fraction of sp³-hybridized carbons (Fsp3) is 0.867. The van der Waals surface area contributed by atoms with Crippen LogP contribution in [0.4, 0.5) is 0 Å². The second-order valence-electron chi connectivity index (χ2n) is 6.38. The summed E-state index contributed by atoms with van der Waals surface area (Å²) in [7, 11) is 0. The van der Waals surface area contributed by atoms with E-state index in [2.05, 4.69) is 15.5 Å². The van der Waals surface area contributed by atoms with Crippen LogP contribution >= 0.6 is 0 Å². The highest BCUT2D eigenvalue weighted by molar-refractivity contribution is 5.87. The molecule has 5 nitrogen and oxygen atoms in total. The van der Waals surface area contributed by atoms with Gasteiger partial charge in [0.25, 0.3) is 0 Å². The average Bonchev–Trinajstić information content (AvgIpc) is 2.97. The maximum absolute atomic E-state index is 12.7. The van der Waals surface area contributed by atoms with Gasteiger partial charge in [0.1, 0.15) is 6.04 Å². The molecule has 2 unspecified atom stereocenters. The molecule has 20 heavy (non-hydrogen) atoms. The average molecular weight is 279 g/mol. The van der Waals surface area contributed by atoms with Crippen LogP contribution in [0.5, 0.6) is 0 Å². The summed E-state index contributed by atoms with van der Waals surface area (Å²) >= 11 is 0. The minimum Gasteiger partial charge on any atom is -0.353 e. The van der Waals surface area contributed by atoms with Crippen LogP contribution in [0.3, 0.4) is 0 Å². The Morgan fingerprint density at radius 1 is 1.10 bits per heavy atom. The van der Waals surface area contributed by atoms with E-state index in [1.54, 1.807) is 0 Å². The number of nitrogens with zero attached hydrogens (tertiary/aromatic N) is 1. The number of likely N-dealkylation sites (tertiary alicyclic amines) is 1. The maximum atomic E-state index is 12.7. The lowest BCUT2D eigenvalue weighted by Gasteiger charge is -2.36. The first kappa shape index (κ1) is 13.9. The molecule has 3 aliphatic rings. The number of carbonyl (C=O) groups is 2. The van der Waals surface area contributed by atoms with Gasteiger partial charge in [-0.1, -0.05) is 19.3 Å². The van der Waals surface area contributed by atoms with Crippen molar-refractivity contribution in [2.24, 2.45) is 5.92 Å². The zero-order valence-electron chi connectivity index (χ0n) is 12.1. The molecule has 0 aromatic carbocycles. The zero-order chi connectivity index (χ0) is 13.9. The fourth-order valence-corrected chi connectivity index (χ4v) is 4.02. The van der Waals surface area contributed by atoms with Crippen LogP contribution in [0.25, 0.3) is 0 Å². The Kier molecular flexibility index (Phi) is 4.24. The predicted octanol–water partition coefficient (Wildman–Crippen LogP) is 0.646. The summed E-state index contributed by atoms with van der Waals surface area (Å²) < 4.78 is 0. The molecular weight excluding hydrogens is 254 g/mol. The molecule has 2 N–H and O–H groups in total. The standard InChI is InChI=1S/C15H25N3O2/c19-14-10-16-12(9-17-14)15(20)18-8-4-7-13(18)11-5-2-1-3-6-11/h11-13,16H,1-10H2,(H,17,19). The highest BCUT2D eigenvalue weighted by Crippen LogP contribution is 2.34. The van der Waals surface area contributed by atoms with E-state index in [4.69, 9.17) is 0 Å². The van der Waals surface area contributed by atoms with Crippen LogP contribution in [-0.2, 0) is 9.59 Å². The second kappa shape index (κ2) is 6.12. The largest absolute Gasteiger partial charge is 0.353 e. The Balaban J connectivity index is 1.62. The number of piperazine rings is 1. The van der Waals surface area contributed by atoms with E-state index in [9.17, 15) is 9.59 Å². The second-order valence-corrected chi connectivity index (χ2v) is 6.38. The normalized spacial score (nSPS) is 32.2. The molecule has 2 saturated heterocycles. The topological polar surface area (TPSA) is 61.4 Å². The molecule has 1 aliphatic carbocycles. The Morgan fingerprint density at radius 3 is 2.60 bits per heavy atom. The van der Waals surface area contributed by atoms with E-state index in [1.165, 1.54) is 32.1 Å². The number of carbonyl (C=O) groups excluding carboxylic acids is 2. The zero-order valence-corrected chi connectivity index (χ0v) is 12.1. The third kappa shape index (κ3) is 2.82. The van der Waals surface area contributed by atoms with Crippen LogP contribution in [0, 0.1) is 5.92 Å². The van der Waals surface area contributed by atoms with Crippen molar-refractivity contribution in [2.75, 3.05) is 19.6 Å². The van der Waals surface area contributed by atoms with Crippen LogP contribution in [0.15, 0.2) is 0 Å². The van der Waals surface area contributed by atoms with Crippen LogP contribution in [0.1, 0.15) is 44.9 Å². The Labute approximate surface area is 120 Å². The quantitative estimate of drug-likeness (QED) is 0.780. The third-order valence-corrected chi connectivity index (χ3v) is 5.09. The molecule has 2 atom stereocenters. The molecule has 0 spiro atoms.